The Morgan fingerprint density at radius 2 is 1.17 bits per heavy atom. The lowest BCUT2D eigenvalue weighted by atomic mass is 9.70. The smallest absolute Gasteiger partial charge is 0.165 e. The van der Waals surface area contributed by atoms with E-state index in [9.17, 15) is 0 Å². The zero-order valence-corrected chi connectivity index (χ0v) is 14.3. The summed E-state index contributed by atoms with van der Waals surface area (Å²) >= 11 is 0. The molecule has 3 rings (SSSR count). The molecule has 0 spiro atoms. The van der Waals surface area contributed by atoms with Gasteiger partial charge in [0.25, 0.3) is 0 Å². The Labute approximate surface area is 143 Å². The van der Waals surface area contributed by atoms with Crippen LogP contribution in [-0.4, -0.2) is 14.2 Å². The Morgan fingerprint density at radius 1 is 0.625 bits per heavy atom. The fraction of sp³-hybridized carbons (Fsp3) is 0.182. The average molecular weight is 318 g/mol. The molecule has 3 aromatic carbocycles. The number of benzene rings is 3. The Hall–Kier alpha value is -2.74. The van der Waals surface area contributed by atoms with Crippen LogP contribution in [0.3, 0.4) is 0 Å². The van der Waals surface area contributed by atoms with Gasteiger partial charge >= 0.3 is 0 Å². The molecule has 0 bridgehead atoms. The molecule has 0 amide bonds. The van der Waals surface area contributed by atoms with Gasteiger partial charge in [-0.25, -0.2) is 0 Å². The monoisotopic (exact) mass is 318 g/mol. The van der Waals surface area contributed by atoms with Crippen molar-refractivity contribution in [3.05, 3.63) is 95.6 Å². The molecule has 0 saturated heterocycles. The van der Waals surface area contributed by atoms with Crippen LogP contribution in [0, 0.1) is 0 Å². The number of para-hydroxylation sites is 1. The van der Waals surface area contributed by atoms with Gasteiger partial charge in [-0.3, -0.25) is 0 Å². The number of hydrogen-bond acceptors (Lipinski definition) is 2. The van der Waals surface area contributed by atoms with Gasteiger partial charge in [0, 0.05) is 11.0 Å². The minimum absolute atomic E-state index is 0.345. The SMILES string of the molecule is COc1cccc(C(C)(c2ccccc2)c2ccccc2)c1OC. The highest BCUT2D eigenvalue weighted by atomic mass is 16.5. The normalized spacial score (nSPS) is 11.1. The van der Waals surface area contributed by atoms with Gasteiger partial charge in [-0.15, -0.1) is 0 Å². The second-order valence-electron chi connectivity index (χ2n) is 5.90. The molecule has 0 atom stereocenters. The van der Waals surface area contributed by atoms with Crippen LogP contribution < -0.4 is 9.47 Å². The Kier molecular flexibility index (Phi) is 4.57. The molecule has 24 heavy (non-hydrogen) atoms. The van der Waals surface area contributed by atoms with Gasteiger partial charge in [-0.05, 0) is 24.1 Å². The van der Waals surface area contributed by atoms with E-state index in [-0.39, 0.29) is 5.41 Å². The summed E-state index contributed by atoms with van der Waals surface area (Å²) in [6.07, 6.45) is 0. The molecule has 0 aliphatic heterocycles. The number of ether oxygens (including phenoxy) is 2. The first-order valence-corrected chi connectivity index (χ1v) is 8.04. The topological polar surface area (TPSA) is 18.5 Å². The molecule has 0 fully saturated rings. The van der Waals surface area contributed by atoms with E-state index in [0.717, 1.165) is 17.1 Å². The molecule has 0 unspecified atom stereocenters. The molecule has 3 aromatic rings. The van der Waals surface area contributed by atoms with Gasteiger partial charge in [0.1, 0.15) is 0 Å². The van der Waals surface area contributed by atoms with Gasteiger partial charge in [0.2, 0.25) is 0 Å². The molecule has 0 radical (unpaired) electrons. The van der Waals surface area contributed by atoms with Gasteiger partial charge in [-0.1, -0.05) is 72.8 Å². The maximum Gasteiger partial charge on any atom is 0.165 e. The minimum atomic E-state index is -0.345. The van der Waals surface area contributed by atoms with Crippen LogP contribution in [0.2, 0.25) is 0 Å². The summed E-state index contributed by atoms with van der Waals surface area (Å²) in [6, 6.07) is 27.1. The molecular weight excluding hydrogens is 296 g/mol. The first-order valence-electron chi connectivity index (χ1n) is 8.04. The zero-order chi connectivity index (χ0) is 17.0. The lowest BCUT2D eigenvalue weighted by Crippen LogP contribution is -2.26. The first kappa shape index (κ1) is 16.1. The standard InChI is InChI=1S/C22H22O2/c1-22(17-11-6-4-7-12-17,18-13-8-5-9-14-18)19-15-10-16-20(23-2)21(19)24-3/h4-16H,1-3H3. The summed E-state index contributed by atoms with van der Waals surface area (Å²) in [4.78, 5) is 0. The third-order valence-electron chi connectivity index (χ3n) is 4.64. The molecule has 2 nitrogen and oxygen atoms in total. The van der Waals surface area contributed by atoms with Gasteiger partial charge in [0.15, 0.2) is 11.5 Å². The fourth-order valence-corrected chi connectivity index (χ4v) is 3.30. The van der Waals surface area contributed by atoms with E-state index in [0.29, 0.717) is 0 Å². The van der Waals surface area contributed by atoms with Crippen molar-refractivity contribution >= 4 is 0 Å². The second-order valence-corrected chi connectivity index (χ2v) is 5.90. The summed E-state index contributed by atoms with van der Waals surface area (Å²) in [7, 11) is 3.36. The van der Waals surface area contributed by atoms with E-state index in [1.807, 2.05) is 24.3 Å². The van der Waals surface area contributed by atoms with Crippen molar-refractivity contribution in [1.82, 2.24) is 0 Å². The highest BCUT2D eigenvalue weighted by molar-refractivity contribution is 5.58. The van der Waals surface area contributed by atoms with E-state index in [2.05, 4.69) is 61.5 Å². The predicted octanol–water partition coefficient (Wildman–Crippen LogP) is 5.06. The lowest BCUT2D eigenvalue weighted by molar-refractivity contribution is 0.348. The van der Waals surface area contributed by atoms with E-state index in [1.54, 1.807) is 14.2 Å². The maximum atomic E-state index is 5.73. The molecule has 0 aliphatic rings. The molecule has 0 N–H and O–H groups in total. The van der Waals surface area contributed by atoms with Gasteiger partial charge in [-0.2, -0.15) is 0 Å². The largest absolute Gasteiger partial charge is 0.493 e. The second kappa shape index (κ2) is 6.79. The predicted molar refractivity (Wildman–Crippen MR) is 98.0 cm³/mol. The van der Waals surface area contributed by atoms with Crippen molar-refractivity contribution in [3.63, 3.8) is 0 Å². The summed E-state index contributed by atoms with van der Waals surface area (Å²) in [5.41, 5.74) is 3.16. The highest BCUT2D eigenvalue weighted by Gasteiger charge is 2.34. The zero-order valence-electron chi connectivity index (χ0n) is 14.3. The van der Waals surface area contributed by atoms with Crippen LogP contribution in [0.5, 0.6) is 11.5 Å². The molecular formula is C22H22O2. The Bertz CT molecular complexity index is 755. The van der Waals surface area contributed by atoms with Crippen molar-refractivity contribution in [3.8, 4) is 11.5 Å². The van der Waals surface area contributed by atoms with Gasteiger partial charge in [0.05, 0.1) is 14.2 Å². The van der Waals surface area contributed by atoms with Crippen molar-refractivity contribution < 1.29 is 9.47 Å². The quantitative estimate of drug-likeness (QED) is 0.612. The summed E-state index contributed by atoms with van der Waals surface area (Å²) in [5.74, 6) is 1.52. The van der Waals surface area contributed by atoms with E-state index >= 15 is 0 Å². The Morgan fingerprint density at radius 3 is 1.62 bits per heavy atom. The average Bonchev–Trinajstić information content (AvgIpc) is 2.68. The highest BCUT2D eigenvalue weighted by Crippen LogP contribution is 2.45. The van der Waals surface area contributed by atoms with Crippen LogP contribution in [0.1, 0.15) is 23.6 Å². The van der Waals surface area contributed by atoms with Gasteiger partial charge < -0.3 is 9.47 Å². The summed E-state index contributed by atoms with van der Waals surface area (Å²) in [6.45, 7) is 2.23. The van der Waals surface area contributed by atoms with Crippen molar-refractivity contribution in [2.24, 2.45) is 0 Å². The molecule has 0 aromatic heterocycles. The number of hydrogen-bond donors (Lipinski definition) is 0. The molecule has 0 aliphatic carbocycles. The molecule has 0 saturated carbocycles. The number of methoxy groups -OCH3 is 2. The minimum Gasteiger partial charge on any atom is -0.493 e. The molecule has 122 valence electrons. The van der Waals surface area contributed by atoms with Crippen LogP contribution in [0.4, 0.5) is 0 Å². The van der Waals surface area contributed by atoms with E-state index in [4.69, 9.17) is 9.47 Å². The molecule has 2 heteroatoms. The lowest BCUT2D eigenvalue weighted by Gasteiger charge is -2.33. The van der Waals surface area contributed by atoms with Crippen LogP contribution in [-0.2, 0) is 5.41 Å². The summed E-state index contributed by atoms with van der Waals surface area (Å²) < 4.78 is 11.3. The Balaban J connectivity index is 2.32. The van der Waals surface area contributed by atoms with E-state index < -0.39 is 0 Å². The first-order chi connectivity index (χ1) is 11.7. The summed E-state index contributed by atoms with van der Waals surface area (Å²) in [5, 5.41) is 0. The van der Waals surface area contributed by atoms with Crippen molar-refractivity contribution in [1.29, 1.82) is 0 Å². The van der Waals surface area contributed by atoms with Crippen molar-refractivity contribution in [2.75, 3.05) is 14.2 Å². The fourth-order valence-electron chi connectivity index (χ4n) is 3.30. The third kappa shape index (κ3) is 2.65. The van der Waals surface area contributed by atoms with Crippen LogP contribution >= 0.6 is 0 Å². The maximum absolute atomic E-state index is 5.73. The number of rotatable bonds is 5. The van der Waals surface area contributed by atoms with Crippen LogP contribution in [0.15, 0.2) is 78.9 Å². The van der Waals surface area contributed by atoms with Crippen molar-refractivity contribution in [2.45, 2.75) is 12.3 Å². The third-order valence-corrected chi connectivity index (χ3v) is 4.64. The molecule has 0 heterocycles. The van der Waals surface area contributed by atoms with Crippen LogP contribution in [0.25, 0.3) is 0 Å². The van der Waals surface area contributed by atoms with E-state index in [1.165, 1.54) is 11.1 Å².